The van der Waals surface area contributed by atoms with Gasteiger partial charge >= 0.3 is 0 Å². The van der Waals surface area contributed by atoms with Gasteiger partial charge in [-0.05, 0) is 32.1 Å². The van der Waals surface area contributed by atoms with E-state index in [0.717, 1.165) is 0 Å². The largest absolute Gasteiger partial charge is 0.385 e. The van der Waals surface area contributed by atoms with Crippen molar-refractivity contribution in [2.75, 3.05) is 0 Å². The molecule has 0 saturated carbocycles. The Balaban J connectivity index is 2.76. The Kier molecular flexibility index (Phi) is 2.53. The lowest BCUT2D eigenvalue weighted by Crippen LogP contribution is -2.25. The first-order valence-corrected chi connectivity index (χ1v) is 7.00. The second-order valence-corrected chi connectivity index (χ2v) is 6.96. The van der Waals surface area contributed by atoms with E-state index < -0.39 is 15.4 Å². The third-order valence-corrected chi connectivity index (χ3v) is 5.29. The second kappa shape index (κ2) is 3.42. The topological polar surface area (TPSA) is 54.4 Å². The Hall–Kier alpha value is -0.650. The number of aliphatic hydroxyl groups is 1. The molecule has 0 fully saturated rings. The van der Waals surface area contributed by atoms with Gasteiger partial charge in [-0.3, -0.25) is 0 Å². The molecular formula is C11H11BrO3S. The van der Waals surface area contributed by atoms with E-state index in [9.17, 15) is 13.5 Å². The Morgan fingerprint density at radius 1 is 1.31 bits per heavy atom. The first-order chi connectivity index (χ1) is 7.24. The highest BCUT2D eigenvalue weighted by Gasteiger charge is 2.38. The van der Waals surface area contributed by atoms with Crippen LogP contribution >= 0.6 is 15.9 Å². The van der Waals surface area contributed by atoms with E-state index in [1.807, 2.05) is 0 Å². The first-order valence-electron chi connectivity index (χ1n) is 4.73. The summed E-state index contributed by atoms with van der Waals surface area (Å²) in [5, 5.41) is 9.85. The molecule has 5 heteroatoms. The Labute approximate surface area is 103 Å². The Morgan fingerprint density at radius 3 is 2.44 bits per heavy atom. The minimum Gasteiger partial charge on any atom is -0.385 e. The van der Waals surface area contributed by atoms with Gasteiger partial charge in [0.25, 0.3) is 0 Å². The number of rotatable bonds is 1. The maximum Gasteiger partial charge on any atom is 0.206 e. The molecule has 1 N–H and O–H groups in total. The molecule has 0 aromatic heterocycles. The summed E-state index contributed by atoms with van der Waals surface area (Å²) in [6.45, 7) is 2.94. The molecule has 3 nitrogen and oxygen atoms in total. The Morgan fingerprint density at radius 2 is 1.94 bits per heavy atom. The van der Waals surface area contributed by atoms with E-state index in [1.54, 1.807) is 18.2 Å². The van der Waals surface area contributed by atoms with Gasteiger partial charge in [0.2, 0.25) is 9.84 Å². The van der Waals surface area contributed by atoms with Gasteiger partial charge in [-0.2, -0.15) is 0 Å². The maximum absolute atomic E-state index is 12.1. The fourth-order valence-corrected chi connectivity index (χ4v) is 4.22. The lowest BCUT2D eigenvalue weighted by Gasteiger charge is -2.18. The van der Waals surface area contributed by atoms with Crippen molar-refractivity contribution in [2.24, 2.45) is 0 Å². The van der Waals surface area contributed by atoms with Gasteiger partial charge < -0.3 is 5.11 Å². The van der Waals surface area contributed by atoms with Crippen LogP contribution in [-0.4, -0.2) is 19.1 Å². The molecule has 0 bridgehead atoms. The number of hydrogen-bond donors (Lipinski definition) is 1. The van der Waals surface area contributed by atoms with Crippen LogP contribution in [0.15, 0.2) is 32.5 Å². The normalized spacial score (nSPS) is 18.1. The summed E-state index contributed by atoms with van der Waals surface area (Å²) in [7, 11) is -3.55. The number of hydrogen-bond acceptors (Lipinski definition) is 3. The van der Waals surface area contributed by atoms with Crippen LogP contribution in [0, 0.1) is 0 Å². The van der Waals surface area contributed by atoms with Gasteiger partial charge in [0.1, 0.15) is 0 Å². The highest BCUT2D eigenvalue weighted by atomic mass is 79.9. The predicted octanol–water partition coefficient (Wildman–Crippen LogP) is 2.35. The summed E-state index contributed by atoms with van der Waals surface area (Å²) >= 11 is 3.30. The van der Waals surface area contributed by atoms with Gasteiger partial charge in [0, 0.05) is 10.0 Å². The monoisotopic (exact) mass is 302 g/mol. The first kappa shape index (κ1) is 11.8. The van der Waals surface area contributed by atoms with Crippen LogP contribution < -0.4 is 0 Å². The molecule has 0 unspecified atom stereocenters. The summed E-state index contributed by atoms with van der Waals surface area (Å²) in [5.74, 6) is 0. The summed E-state index contributed by atoms with van der Waals surface area (Å²) in [6, 6.07) is 4.99. The van der Waals surface area contributed by atoms with Crippen molar-refractivity contribution in [2.45, 2.75) is 24.3 Å². The zero-order valence-corrected chi connectivity index (χ0v) is 11.3. The van der Waals surface area contributed by atoms with Crippen LogP contribution in [0.3, 0.4) is 0 Å². The summed E-state index contributed by atoms with van der Waals surface area (Å²) in [5.41, 5.74) is -0.753. The molecule has 0 amide bonds. The fraction of sp³-hybridized carbons (Fsp3) is 0.273. The molecule has 1 aromatic carbocycles. The van der Waals surface area contributed by atoms with Crippen LogP contribution in [0.5, 0.6) is 0 Å². The SMILES string of the molecule is CC(C)(O)C1=Cc2c(Br)cccc2S1(=O)=O. The molecular weight excluding hydrogens is 292 g/mol. The smallest absolute Gasteiger partial charge is 0.206 e. The van der Waals surface area contributed by atoms with Gasteiger partial charge in [-0.1, -0.05) is 22.0 Å². The van der Waals surface area contributed by atoms with Crippen LogP contribution in [0.1, 0.15) is 19.4 Å². The van der Waals surface area contributed by atoms with Crippen molar-refractivity contribution in [3.8, 4) is 0 Å². The number of sulfone groups is 1. The molecule has 1 aliphatic heterocycles. The zero-order chi connectivity index (χ0) is 12.1. The summed E-state index contributed by atoms with van der Waals surface area (Å²) in [4.78, 5) is 0.293. The molecule has 16 heavy (non-hydrogen) atoms. The van der Waals surface area contributed by atoms with E-state index in [2.05, 4.69) is 15.9 Å². The van der Waals surface area contributed by atoms with Gasteiger partial charge in [0.15, 0.2) is 0 Å². The molecule has 1 aliphatic rings. The van der Waals surface area contributed by atoms with Crippen LogP contribution in [0.25, 0.3) is 6.08 Å². The molecule has 0 atom stereocenters. The predicted molar refractivity (Wildman–Crippen MR) is 65.6 cm³/mol. The molecule has 0 spiro atoms. The molecule has 86 valence electrons. The molecule has 2 rings (SSSR count). The number of benzene rings is 1. The highest BCUT2D eigenvalue weighted by Crippen LogP contribution is 2.40. The van der Waals surface area contributed by atoms with Crippen molar-refractivity contribution in [1.29, 1.82) is 0 Å². The molecule has 0 aliphatic carbocycles. The van der Waals surface area contributed by atoms with Gasteiger partial charge in [0.05, 0.1) is 15.4 Å². The average molecular weight is 303 g/mol. The minimum absolute atomic E-state index is 0.0434. The van der Waals surface area contributed by atoms with Crippen LogP contribution in [0.4, 0.5) is 0 Å². The molecule has 0 radical (unpaired) electrons. The second-order valence-electron chi connectivity index (χ2n) is 4.22. The highest BCUT2D eigenvalue weighted by molar-refractivity contribution is 9.10. The maximum atomic E-state index is 12.1. The zero-order valence-electron chi connectivity index (χ0n) is 8.86. The van der Waals surface area contributed by atoms with Gasteiger partial charge in [-0.25, -0.2) is 8.42 Å². The van der Waals surface area contributed by atoms with Crippen molar-refractivity contribution in [3.05, 3.63) is 33.1 Å². The molecule has 1 aromatic rings. The molecule has 1 heterocycles. The third kappa shape index (κ3) is 1.63. The van der Waals surface area contributed by atoms with Crippen LogP contribution in [-0.2, 0) is 9.84 Å². The quantitative estimate of drug-likeness (QED) is 0.866. The van der Waals surface area contributed by atoms with Crippen molar-refractivity contribution in [3.63, 3.8) is 0 Å². The standard InChI is InChI=1S/C11H11BrO3S/c1-11(2,13)10-6-7-8(12)4-3-5-9(7)16(10,14)15/h3-6,13H,1-2H3. The summed E-state index contributed by atoms with van der Waals surface area (Å²) in [6.07, 6.45) is 1.52. The fourth-order valence-electron chi connectivity index (χ4n) is 1.72. The van der Waals surface area contributed by atoms with E-state index in [1.165, 1.54) is 19.9 Å². The van der Waals surface area contributed by atoms with E-state index in [-0.39, 0.29) is 9.80 Å². The third-order valence-electron chi connectivity index (χ3n) is 2.47. The average Bonchev–Trinajstić information content (AvgIpc) is 2.39. The van der Waals surface area contributed by atoms with Crippen LogP contribution in [0.2, 0.25) is 0 Å². The summed E-state index contributed by atoms with van der Waals surface area (Å²) < 4.78 is 25.0. The van der Waals surface area contributed by atoms with Gasteiger partial charge in [-0.15, -0.1) is 0 Å². The lowest BCUT2D eigenvalue weighted by atomic mass is 10.1. The van der Waals surface area contributed by atoms with Crippen molar-refractivity contribution >= 4 is 31.8 Å². The number of fused-ring (bicyclic) bond motifs is 1. The lowest BCUT2D eigenvalue weighted by molar-refractivity contribution is 0.129. The molecule has 0 saturated heterocycles. The minimum atomic E-state index is -3.55. The van der Waals surface area contributed by atoms with Crippen molar-refractivity contribution < 1.29 is 13.5 Å². The number of halogens is 1. The van der Waals surface area contributed by atoms with Crippen molar-refractivity contribution in [1.82, 2.24) is 0 Å². The van der Waals surface area contributed by atoms with E-state index >= 15 is 0 Å². The Bertz CT molecular complexity index is 580. The van der Waals surface area contributed by atoms with E-state index in [0.29, 0.717) is 10.0 Å². The van der Waals surface area contributed by atoms with E-state index in [4.69, 9.17) is 0 Å².